The number of nitrogens with one attached hydrogen (secondary N) is 2. The lowest BCUT2D eigenvalue weighted by Gasteiger charge is -2.31. The zero-order valence-electron chi connectivity index (χ0n) is 19.6. The second-order valence-electron chi connectivity index (χ2n) is 7.69. The number of anilines is 1. The van der Waals surface area contributed by atoms with E-state index < -0.39 is 29.7 Å². The van der Waals surface area contributed by atoms with Gasteiger partial charge in [-0.3, -0.25) is 14.4 Å². The molecule has 9 nitrogen and oxygen atoms in total. The van der Waals surface area contributed by atoms with Gasteiger partial charge in [0.25, 0.3) is 0 Å². The number of allylic oxidation sites excluding steroid dienone is 1. The molecule has 1 aliphatic rings. The van der Waals surface area contributed by atoms with Gasteiger partial charge in [0.05, 0.1) is 42.2 Å². The highest BCUT2D eigenvalue weighted by Crippen LogP contribution is 2.40. The second-order valence-corrected chi connectivity index (χ2v) is 9.08. The Labute approximate surface area is 216 Å². The van der Waals surface area contributed by atoms with E-state index in [1.54, 1.807) is 37.3 Å². The number of thioether (sulfide) groups is 1. The van der Waals surface area contributed by atoms with Gasteiger partial charge < -0.3 is 20.1 Å². The molecule has 0 spiro atoms. The van der Waals surface area contributed by atoms with E-state index >= 15 is 0 Å². The van der Waals surface area contributed by atoms with E-state index in [1.807, 2.05) is 0 Å². The van der Waals surface area contributed by atoms with Crippen molar-refractivity contribution < 1.29 is 28.7 Å². The molecule has 1 aliphatic heterocycles. The van der Waals surface area contributed by atoms with Gasteiger partial charge in [0.15, 0.2) is 0 Å². The summed E-state index contributed by atoms with van der Waals surface area (Å²) in [7, 11) is 2.40. The summed E-state index contributed by atoms with van der Waals surface area (Å²) in [5.74, 6) is -4.86. The minimum atomic E-state index is -1.33. The van der Waals surface area contributed by atoms with Crippen LogP contribution in [0.4, 0.5) is 5.69 Å². The third-order valence-corrected chi connectivity index (χ3v) is 6.99. The standard InChI is InChI=1S/C25H22ClN3O6S/c1-13-17(26)5-4-6-18(13)28-19(30)12-36-23-16(11-27)20(21(22(31)29-23)25(33)35-3)14-7-9-15(10-8-14)24(32)34-2/h4-10,20-21H,12H2,1-3H3,(H,28,30)(H,29,31)/t20-,21+/m1/s1. The summed E-state index contributed by atoms with van der Waals surface area (Å²) in [5.41, 5.74) is 2.05. The van der Waals surface area contributed by atoms with Crippen molar-refractivity contribution in [1.29, 1.82) is 5.26 Å². The molecule has 2 amide bonds. The first-order valence-electron chi connectivity index (χ1n) is 10.6. The number of benzene rings is 2. The van der Waals surface area contributed by atoms with Crippen molar-refractivity contribution in [2.24, 2.45) is 5.92 Å². The second kappa shape index (κ2) is 11.7. The molecule has 2 aromatic rings. The topological polar surface area (TPSA) is 135 Å². The minimum Gasteiger partial charge on any atom is -0.468 e. The fourth-order valence-corrected chi connectivity index (χ4v) is 4.71. The van der Waals surface area contributed by atoms with E-state index in [2.05, 4.69) is 16.7 Å². The molecule has 1 heterocycles. The summed E-state index contributed by atoms with van der Waals surface area (Å²) < 4.78 is 9.52. The zero-order valence-corrected chi connectivity index (χ0v) is 21.2. The van der Waals surface area contributed by atoms with Crippen LogP contribution in [0, 0.1) is 24.2 Å². The first-order valence-corrected chi connectivity index (χ1v) is 12.0. The lowest BCUT2D eigenvalue weighted by Crippen LogP contribution is -2.44. The van der Waals surface area contributed by atoms with Gasteiger partial charge in [0.1, 0.15) is 5.92 Å². The number of nitrogens with zero attached hydrogens (tertiary/aromatic N) is 1. The molecular formula is C25H22ClN3O6S. The lowest BCUT2D eigenvalue weighted by atomic mass is 9.78. The van der Waals surface area contributed by atoms with Crippen LogP contribution in [0.2, 0.25) is 5.02 Å². The van der Waals surface area contributed by atoms with Crippen molar-refractivity contribution in [3.8, 4) is 6.07 Å². The van der Waals surface area contributed by atoms with E-state index in [9.17, 15) is 24.4 Å². The molecule has 36 heavy (non-hydrogen) atoms. The average Bonchev–Trinajstić information content (AvgIpc) is 2.88. The number of rotatable bonds is 7. The van der Waals surface area contributed by atoms with Crippen LogP contribution in [0.25, 0.3) is 0 Å². The van der Waals surface area contributed by atoms with E-state index in [0.717, 1.165) is 18.9 Å². The number of carbonyl (C=O) groups excluding carboxylic acids is 4. The third kappa shape index (κ3) is 5.70. The van der Waals surface area contributed by atoms with Crippen molar-refractivity contribution in [2.75, 3.05) is 25.3 Å². The molecule has 0 aromatic heterocycles. The molecular weight excluding hydrogens is 506 g/mol. The Kier molecular flexibility index (Phi) is 8.74. The molecule has 2 aromatic carbocycles. The Bertz CT molecular complexity index is 1290. The molecule has 0 fully saturated rings. The van der Waals surface area contributed by atoms with E-state index in [0.29, 0.717) is 21.8 Å². The number of amides is 2. The zero-order chi connectivity index (χ0) is 26.4. The van der Waals surface area contributed by atoms with Crippen LogP contribution < -0.4 is 10.6 Å². The molecule has 3 rings (SSSR count). The highest BCUT2D eigenvalue weighted by Gasteiger charge is 2.44. The predicted molar refractivity (Wildman–Crippen MR) is 134 cm³/mol. The third-order valence-electron chi connectivity index (χ3n) is 5.56. The summed E-state index contributed by atoms with van der Waals surface area (Å²) in [6.45, 7) is 1.77. The summed E-state index contributed by atoms with van der Waals surface area (Å²) >= 11 is 7.06. The van der Waals surface area contributed by atoms with Crippen LogP contribution in [0.3, 0.4) is 0 Å². The highest BCUT2D eigenvalue weighted by molar-refractivity contribution is 8.03. The van der Waals surface area contributed by atoms with Crippen molar-refractivity contribution in [3.05, 3.63) is 74.8 Å². The highest BCUT2D eigenvalue weighted by atomic mass is 35.5. The van der Waals surface area contributed by atoms with Gasteiger partial charge in [-0.25, -0.2) is 4.79 Å². The summed E-state index contributed by atoms with van der Waals surface area (Å²) in [6.07, 6.45) is 0. The molecule has 0 bridgehead atoms. The number of carbonyl (C=O) groups is 4. The first-order chi connectivity index (χ1) is 17.2. The van der Waals surface area contributed by atoms with E-state index in [1.165, 1.54) is 19.2 Å². The van der Waals surface area contributed by atoms with Gasteiger partial charge in [-0.2, -0.15) is 5.26 Å². The number of hydrogen-bond acceptors (Lipinski definition) is 8. The minimum absolute atomic E-state index is 0.0903. The number of ether oxygens (including phenoxy) is 2. The summed E-state index contributed by atoms with van der Waals surface area (Å²) in [4.78, 5) is 49.8. The average molecular weight is 528 g/mol. The monoisotopic (exact) mass is 527 g/mol. The maximum Gasteiger partial charge on any atom is 0.337 e. The van der Waals surface area contributed by atoms with Crippen molar-refractivity contribution in [2.45, 2.75) is 12.8 Å². The van der Waals surface area contributed by atoms with E-state index in [4.69, 9.17) is 21.1 Å². The maximum atomic E-state index is 12.9. The lowest BCUT2D eigenvalue weighted by molar-refractivity contribution is -0.150. The number of hydrogen-bond donors (Lipinski definition) is 2. The van der Waals surface area contributed by atoms with Gasteiger partial charge in [-0.1, -0.05) is 41.6 Å². The molecule has 2 N–H and O–H groups in total. The normalized spacial score (nSPS) is 17.0. The molecule has 0 saturated carbocycles. The van der Waals surface area contributed by atoms with Crippen molar-refractivity contribution in [1.82, 2.24) is 5.32 Å². The molecule has 2 atom stereocenters. The van der Waals surface area contributed by atoms with Crippen LogP contribution in [0.15, 0.2) is 53.1 Å². The van der Waals surface area contributed by atoms with Crippen LogP contribution in [0.5, 0.6) is 0 Å². The molecule has 11 heteroatoms. The molecule has 186 valence electrons. The fraction of sp³-hybridized carbons (Fsp3) is 0.240. The van der Waals surface area contributed by atoms with Gasteiger partial charge in [0.2, 0.25) is 11.8 Å². The quantitative estimate of drug-likeness (QED) is 0.412. The molecule has 0 saturated heterocycles. The smallest absolute Gasteiger partial charge is 0.337 e. The Morgan fingerprint density at radius 2 is 1.83 bits per heavy atom. The SMILES string of the molecule is COC(=O)c1ccc([C@@H]2C(C#N)=C(SCC(=O)Nc3cccc(Cl)c3C)NC(=O)[C@H]2C(=O)OC)cc1. The van der Waals surface area contributed by atoms with Gasteiger partial charge >= 0.3 is 11.9 Å². The van der Waals surface area contributed by atoms with Gasteiger partial charge in [-0.05, 0) is 42.3 Å². The number of halogens is 1. The Morgan fingerprint density at radius 3 is 2.44 bits per heavy atom. The number of esters is 2. The molecule has 0 radical (unpaired) electrons. The van der Waals surface area contributed by atoms with Crippen LogP contribution in [-0.4, -0.2) is 43.7 Å². The Morgan fingerprint density at radius 1 is 1.14 bits per heavy atom. The Hall–Kier alpha value is -3.81. The molecule has 0 aliphatic carbocycles. The first kappa shape index (κ1) is 26.8. The van der Waals surface area contributed by atoms with Crippen molar-refractivity contribution >= 4 is 52.8 Å². The summed E-state index contributed by atoms with van der Waals surface area (Å²) in [6, 6.07) is 13.2. The maximum absolute atomic E-state index is 12.9. The predicted octanol–water partition coefficient (Wildman–Crippen LogP) is 3.54. The van der Waals surface area contributed by atoms with Gasteiger partial charge in [0, 0.05) is 16.6 Å². The fourth-order valence-electron chi connectivity index (χ4n) is 3.69. The number of nitriles is 1. The van der Waals surface area contributed by atoms with E-state index in [-0.39, 0.29) is 27.8 Å². The van der Waals surface area contributed by atoms with Crippen molar-refractivity contribution in [3.63, 3.8) is 0 Å². The Balaban J connectivity index is 1.92. The van der Waals surface area contributed by atoms with Crippen LogP contribution >= 0.6 is 23.4 Å². The molecule has 0 unspecified atom stereocenters. The number of methoxy groups -OCH3 is 2. The summed E-state index contributed by atoms with van der Waals surface area (Å²) in [5, 5.41) is 16.0. The van der Waals surface area contributed by atoms with Gasteiger partial charge in [-0.15, -0.1) is 0 Å². The van der Waals surface area contributed by atoms with Crippen LogP contribution in [0.1, 0.15) is 27.4 Å². The van der Waals surface area contributed by atoms with Crippen LogP contribution in [-0.2, 0) is 23.9 Å². The largest absolute Gasteiger partial charge is 0.468 e.